The molecule has 5 heteroatoms. The molecule has 0 atom stereocenters. The van der Waals surface area contributed by atoms with Crippen LogP contribution in [0.1, 0.15) is 11.1 Å². The van der Waals surface area contributed by atoms with E-state index >= 15 is 0 Å². The first-order valence-electron chi connectivity index (χ1n) is 10.8. The molecule has 4 nitrogen and oxygen atoms in total. The van der Waals surface area contributed by atoms with E-state index in [0.717, 1.165) is 43.8 Å². The van der Waals surface area contributed by atoms with Crippen LogP contribution in [-0.2, 0) is 0 Å². The van der Waals surface area contributed by atoms with Crippen molar-refractivity contribution in [3.63, 3.8) is 0 Å². The van der Waals surface area contributed by atoms with Gasteiger partial charge in [-0.15, -0.1) is 0 Å². The Morgan fingerprint density at radius 2 is 1.18 bits per heavy atom. The number of benzene rings is 5. The predicted molar refractivity (Wildman–Crippen MR) is 134 cm³/mol. The average molecular weight is 449 g/mol. The van der Waals surface area contributed by atoms with E-state index in [1.165, 1.54) is 0 Å². The van der Waals surface area contributed by atoms with Crippen LogP contribution in [0, 0.1) is 6.92 Å². The van der Waals surface area contributed by atoms with Crippen molar-refractivity contribution in [1.82, 2.24) is 0 Å². The standard InChI is InChI=1S/C28H20NO3P/c1-19-10-12-20(13-11-19)18-29-33(30)31-25-16-14-21-6-2-4-8-23(21)27(25)28-24-9-5-3-7-22(24)15-17-26(28)32-33/h2-18H,1H3/b29-18+. The van der Waals surface area contributed by atoms with Crippen LogP contribution in [0.5, 0.6) is 11.5 Å². The van der Waals surface area contributed by atoms with Gasteiger partial charge in [0.25, 0.3) is 0 Å². The summed E-state index contributed by atoms with van der Waals surface area (Å²) >= 11 is 0. The van der Waals surface area contributed by atoms with Gasteiger partial charge in [0.2, 0.25) is 0 Å². The van der Waals surface area contributed by atoms with E-state index in [1.54, 1.807) is 6.21 Å². The maximum absolute atomic E-state index is 13.8. The molecular weight excluding hydrogens is 429 g/mol. The summed E-state index contributed by atoms with van der Waals surface area (Å²) in [6.07, 6.45) is 1.55. The van der Waals surface area contributed by atoms with Crippen molar-refractivity contribution in [2.45, 2.75) is 6.92 Å². The highest BCUT2D eigenvalue weighted by Gasteiger charge is 2.39. The van der Waals surface area contributed by atoms with Gasteiger partial charge >= 0.3 is 8.09 Å². The third-order valence-electron chi connectivity index (χ3n) is 5.88. The molecule has 0 fully saturated rings. The topological polar surface area (TPSA) is 53.9 Å². The van der Waals surface area contributed by atoms with E-state index in [9.17, 15) is 4.89 Å². The molecule has 1 aliphatic heterocycles. The van der Waals surface area contributed by atoms with Gasteiger partial charge in [-0.05, 0) is 46.2 Å². The molecule has 5 aromatic rings. The summed E-state index contributed by atoms with van der Waals surface area (Å²) in [5.41, 5.74) is 3.69. The van der Waals surface area contributed by atoms with E-state index in [1.807, 2.05) is 79.7 Å². The first-order chi connectivity index (χ1) is 16.1. The summed E-state index contributed by atoms with van der Waals surface area (Å²) in [5.74, 6) is 0.987. The van der Waals surface area contributed by atoms with Gasteiger partial charge in [0.05, 0.1) is 6.21 Å². The van der Waals surface area contributed by atoms with Gasteiger partial charge in [0, 0.05) is 11.1 Å². The Bertz CT molecular complexity index is 1460. The normalized spacial score (nSPS) is 14.4. The summed E-state index contributed by atoms with van der Waals surface area (Å²) in [5, 5.41) is 4.15. The van der Waals surface area contributed by atoms with Crippen LogP contribution in [0.2, 0.25) is 0 Å². The largest absolute Gasteiger partial charge is 0.595 e. The molecular formula is C28H20NO3P. The minimum atomic E-state index is -3.89. The van der Waals surface area contributed by atoms with Crippen molar-refractivity contribution in [3.8, 4) is 22.6 Å². The van der Waals surface area contributed by atoms with Crippen LogP contribution in [0.4, 0.5) is 0 Å². The molecule has 0 aromatic heterocycles. The van der Waals surface area contributed by atoms with Crippen molar-refractivity contribution >= 4 is 35.9 Å². The fraction of sp³-hybridized carbons (Fsp3) is 0.0357. The Morgan fingerprint density at radius 1 is 0.667 bits per heavy atom. The third kappa shape index (κ3) is 3.54. The quantitative estimate of drug-likeness (QED) is 0.218. The van der Waals surface area contributed by atoms with E-state index in [2.05, 4.69) is 29.0 Å². The molecule has 0 radical (unpaired) electrons. The maximum atomic E-state index is 13.8. The number of aryl methyl sites for hydroxylation is 1. The van der Waals surface area contributed by atoms with Crippen LogP contribution in [0.15, 0.2) is 102 Å². The van der Waals surface area contributed by atoms with Crippen molar-refractivity contribution in [1.29, 1.82) is 0 Å². The Kier molecular flexibility index (Phi) is 4.65. The van der Waals surface area contributed by atoms with Crippen molar-refractivity contribution in [3.05, 3.63) is 108 Å². The summed E-state index contributed by atoms with van der Waals surface area (Å²) in [4.78, 5) is 13.8. The summed E-state index contributed by atoms with van der Waals surface area (Å²) in [7, 11) is -3.89. The van der Waals surface area contributed by atoms with Crippen molar-refractivity contribution in [2.75, 3.05) is 0 Å². The zero-order chi connectivity index (χ0) is 22.4. The molecule has 0 bridgehead atoms. The van der Waals surface area contributed by atoms with Crippen LogP contribution < -0.4 is 13.9 Å². The lowest BCUT2D eigenvalue weighted by Crippen LogP contribution is -2.18. The van der Waals surface area contributed by atoms with Crippen molar-refractivity contribution < 1.29 is 13.9 Å². The first-order valence-corrected chi connectivity index (χ1v) is 12.2. The molecule has 0 aliphatic carbocycles. The lowest BCUT2D eigenvalue weighted by atomic mass is 9.92. The van der Waals surface area contributed by atoms with Crippen LogP contribution >= 0.6 is 8.09 Å². The molecule has 0 unspecified atom stereocenters. The first kappa shape index (κ1) is 19.9. The summed E-state index contributed by atoms with van der Waals surface area (Å²) in [6, 6.07) is 31.7. The molecule has 0 saturated heterocycles. The van der Waals surface area contributed by atoms with Gasteiger partial charge in [0.15, 0.2) is 11.5 Å². The zero-order valence-corrected chi connectivity index (χ0v) is 18.8. The Balaban J connectivity index is 1.59. The zero-order valence-electron chi connectivity index (χ0n) is 17.9. The van der Waals surface area contributed by atoms with Gasteiger partial charge in [0.1, 0.15) is 0 Å². The average Bonchev–Trinajstić information content (AvgIpc) is 2.97. The lowest BCUT2D eigenvalue weighted by Gasteiger charge is -2.20. The van der Waals surface area contributed by atoms with Crippen LogP contribution in [-0.4, -0.2) is 6.21 Å². The van der Waals surface area contributed by atoms with E-state index in [4.69, 9.17) is 9.05 Å². The predicted octanol–water partition coefficient (Wildman–Crippen LogP) is 6.90. The molecule has 0 amide bonds. The SMILES string of the molecule is Cc1ccc(/C=N/[P+]2([O-])Oc3ccc4ccccc4c3-c3c(ccc4ccccc34)O2)cc1. The monoisotopic (exact) mass is 449 g/mol. The molecule has 33 heavy (non-hydrogen) atoms. The number of fused-ring (bicyclic) bond motifs is 7. The second-order valence-electron chi connectivity index (χ2n) is 8.13. The molecule has 1 heterocycles. The number of nitrogens with zero attached hydrogens (tertiary/aromatic N) is 1. The van der Waals surface area contributed by atoms with E-state index in [0.29, 0.717) is 11.5 Å². The second kappa shape index (κ2) is 7.70. The maximum Gasteiger partial charge on any atom is 0.455 e. The van der Waals surface area contributed by atoms with Gasteiger partial charge < -0.3 is 4.89 Å². The van der Waals surface area contributed by atoms with Gasteiger partial charge in [-0.2, -0.15) is 0 Å². The van der Waals surface area contributed by atoms with Gasteiger partial charge in [-0.3, -0.25) is 9.05 Å². The highest BCUT2D eigenvalue weighted by atomic mass is 31.2. The number of hydrogen-bond donors (Lipinski definition) is 0. The smallest absolute Gasteiger partial charge is 0.455 e. The molecule has 0 spiro atoms. The highest BCUT2D eigenvalue weighted by molar-refractivity contribution is 7.58. The fourth-order valence-electron chi connectivity index (χ4n) is 4.28. The minimum Gasteiger partial charge on any atom is -0.595 e. The van der Waals surface area contributed by atoms with E-state index < -0.39 is 8.09 Å². The minimum absolute atomic E-state index is 0.494. The van der Waals surface area contributed by atoms with Crippen LogP contribution in [0.25, 0.3) is 32.7 Å². The van der Waals surface area contributed by atoms with Crippen molar-refractivity contribution in [2.24, 2.45) is 4.76 Å². The third-order valence-corrected chi connectivity index (χ3v) is 7.14. The fourth-order valence-corrected chi connectivity index (χ4v) is 5.48. The Morgan fingerprint density at radius 3 is 1.73 bits per heavy atom. The molecule has 0 N–H and O–H groups in total. The molecule has 1 aliphatic rings. The number of rotatable bonds is 2. The lowest BCUT2D eigenvalue weighted by molar-refractivity contribution is -0.202. The number of hydrogen-bond acceptors (Lipinski definition) is 4. The second-order valence-corrected chi connectivity index (χ2v) is 9.66. The highest BCUT2D eigenvalue weighted by Crippen LogP contribution is 2.61. The molecule has 160 valence electrons. The van der Waals surface area contributed by atoms with Gasteiger partial charge in [-0.1, -0.05) is 95.3 Å². The summed E-state index contributed by atoms with van der Waals surface area (Å²) < 4.78 is 16.4. The Hall–Kier alpha value is -3.72. The van der Waals surface area contributed by atoms with Crippen LogP contribution in [0.3, 0.4) is 0 Å². The molecule has 0 saturated carbocycles. The molecule has 6 rings (SSSR count). The summed E-state index contributed by atoms with van der Waals surface area (Å²) in [6.45, 7) is 2.02. The van der Waals surface area contributed by atoms with E-state index in [-0.39, 0.29) is 0 Å². The van der Waals surface area contributed by atoms with Gasteiger partial charge in [-0.25, -0.2) is 0 Å². The Labute approximate surface area is 192 Å². The molecule has 5 aromatic carbocycles.